The highest BCUT2D eigenvalue weighted by atomic mass is 32.2. The maximum Gasteiger partial charge on any atom is 0.337 e. The summed E-state index contributed by atoms with van der Waals surface area (Å²) in [6, 6.07) is 14.8. The number of methoxy groups -OCH3 is 1. The average Bonchev–Trinajstić information content (AvgIpc) is 3.21. The Morgan fingerprint density at radius 1 is 1.13 bits per heavy atom. The van der Waals surface area contributed by atoms with Gasteiger partial charge in [0.15, 0.2) is 11.0 Å². The lowest BCUT2D eigenvalue weighted by Crippen LogP contribution is -2.20. The lowest BCUT2D eigenvalue weighted by Gasteiger charge is -2.07. The van der Waals surface area contributed by atoms with Crippen molar-refractivity contribution < 1.29 is 14.3 Å². The molecule has 0 saturated heterocycles. The number of esters is 1. The van der Waals surface area contributed by atoms with Crippen LogP contribution in [0.1, 0.15) is 28.4 Å². The smallest absolute Gasteiger partial charge is 0.337 e. The second-order valence-corrected chi connectivity index (χ2v) is 7.55. The highest BCUT2D eigenvalue weighted by molar-refractivity contribution is 7.99. The zero-order valence-electron chi connectivity index (χ0n) is 17.5. The number of aromatic nitrogens is 3. The number of ether oxygens (including phenoxy) is 1. The molecular weight excluding hydrogens is 414 g/mol. The fraction of sp³-hybridized carbons (Fsp3) is 0.227. The van der Waals surface area contributed by atoms with Crippen molar-refractivity contribution in [3.05, 3.63) is 65.2 Å². The lowest BCUT2D eigenvalue weighted by atomic mass is 10.1. The zero-order chi connectivity index (χ0) is 22.2. The molecule has 0 bridgehead atoms. The molecule has 31 heavy (non-hydrogen) atoms. The summed E-state index contributed by atoms with van der Waals surface area (Å²) in [5, 5.41) is 13.2. The second-order valence-electron chi connectivity index (χ2n) is 6.61. The Labute approximate surface area is 184 Å². The molecule has 9 heteroatoms. The number of nitrogens with one attached hydrogen (secondary N) is 1. The van der Waals surface area contributed by atoms with Gasteiger partial charge in [0.05, 0.1) is 24.6 Å². The maximum absolute atomic E-state index is 12.1. The summed E-state index contributed by atoms with van der Waals surface area (Å²) in [5.41, 5.74) is 5.85. The van der Waals surface area contributed by atoms with E-state index in [1.54, 1.807) is 24.3 Å². The van der Waals surface area contributed by atoms with Crippen molar-refractivity contribution in [1.82, 2.24) is 20.2 Å². The van der Waals surface area contributed by atoms with E-state index in [0.717, 1.165) is 17.0 Å². The van der Waals surface area contributed by atoms with Crippen LogP contribution in [0, 0.1) is 6.92 Å². The normalized spacial score (nSPS) is 10.9. The van der Waals surface area contributed by atoms with Gasteiger partial charge in [-0.2, -0.15) is 5.10 Å². The molecule has 0 fully saturated rings. The van der Waals surface area contributed by atoms with Crippen molar-refractivity contribution >= 4 is 29.9 Å². The number of carbonyl (C=O) groups is 2. The van der Waals surface area contributed by atoms with Crippen LogP contribution in [0.2, 0.25) is 0 Å². The Kier molecular flexibility index (Phi) is 7.55. The third-order valence-corrected chi connectivity index (χ3v) is 5.38. The minimum atomic E-state index is -0.403. The number of carbonyl (C=O) groups excluding carboxylic acids is 2. The number of benzene rings is 2. The quantitative estimate of drug-likeness (QED) is 0.251. The Balaban J connectivity index is 1.55. The molecule has 160 valence electrons. The lowest BCUT2D eigenvalue weighted by molar-refractivity contribution is -0.118. The number of nitrogens with zero attached hydrogens (tertiary/aromatic N) is 4. The summed E-state index contributed by atoms with van der Waals surface area (Å²) < 4.78 is 6.64. The molecule has 2 aromatic carbocycles. The van der Waals surface area contributed by atoms with E-state index in [0.29, 0.717) is 17.3 Å². The fourth-order valence-corrected chi connectivity index (χ4v) is 3.56. The Morgan fingerprint density at radius 2 is 1.84 bits per heavy atom. The molecule has 0 aliphatic rings. The van der Waals surface area contributed by atoms with Gasteiger partial charge in [-0.1, -0.05) is 53.7 Å². The number of hydrogen-bond donors (Lipinski definition) is 1. The first kappa shape index (κ1) is 22.2. The van der Waals surface area contributed by atoms with Crippen molar-refractivity contribution in [2.45, 2.75) is 25.5 Å². The van der Waals surface area contributed by atoms with Crippen LogP contribution in [-0.2, 0) is 16.1 Å². The zero-order valence-corrected chi connectivity index (χ0v) is 18.3. The van der Waals surface area contributed by atoms with Gasteiger partial charge in [0, 0.05) is 12.1 Å². The van der Waals surface area contributed by atoms with Gasteiger partial charge in [0.1, 0.15) is 0 Å². The van der Waals surface area contributed by atoms with Gasteiger partial charge in [-0.15, -0.1) is 10.2 Å². The monoisotopic (exact) mass is 437 g/mol. The Bertz CT molecular complexity index is 1080. The van der Waals surface area contributed by atoms with Crippen molar-refractivity contribution in [3.8, 4) is 11.4 Å². The molecule has 0 radical (unpaired) electrons. The average molecular weight is 438 g/mol. The van der Waals surface area contributed by atoms with E-state index in [1.807, 2.05) is 42.7 Å². The largest absolute Gasteiger partial charge is 0.465 e. The van der Waals surface area contributed by atoms with Crippen LogP contribution in [0.15, 0.2) is 58.8 Å². The Hall–Kier alpha value is -3.46. The number of hydrazone groups is 1. The topological polar surface area (TPSA) is 98.5 Å². The van der Waals surface area contributed by atoms with Crippen molar-refractivity contribution in [2.24, 2.45) is 5.10 Å². The molecule has 3 rings (SSSR count). The summed E-state index contributed by atoms with van der Waals surface area (Å²) in [6.07, 6.45) is 1.51. The van der Waals surface area contributed by atoms with Crippen LogP contribution in [0.25, 0.3) is 11.4 Å². The minimum absolute atomic E-state index is 0.157. The fourth-order valence-electron chi connectivity index (χ4n) is 2.76. The summed E-state index contributed by atoms with van der Waals surface area (Å²) in [5.74, 6) is 0.276. The van der Waals surface area contributed by atoms with E-state index >= 15 is 0 Å². The van der Waals surface area contributed by atoms with Gasteiger partial charge >= 0.3 is 5.97 Å². The number of rotatable bonds is 8. The van der Waals surface area contributed by atoms with Gasteiger partial charge in [-0.25, -0.2) is 10.2 Å². The number of amides is 1. The molecule has 1 amide bonds. The summed E-state index contributed by atoms with van der Waals surface area (Å²) in [7, 11) is 1.33. The molecule has 3 aromatic rings. The predicted octanol–water partition coefficient (Wildman–Crippen LogP) is 3.30. The first-order valence-electron chi connectivity index (χ1n) is 9.65. The van der Waals surface area contributed by atoms with E-state index in [-0.39, 0.29) is 11.7 Å². The van der Waals surface area contributed by atoms with Gasteiger partial charge in [-0.3, -0.25) is 4.79 Å². The standard InChI is InChI=1S/C22H23N5O3S/c1-4-27-20(17-9-5-15(2)6-10-17)25-26-22(27)31-14-19(28)24-23-13-16-7-11-18(12-8-16)21(29)30-3/h5-13H,4,14H2,1-3H3,(H,24,28)/b23-13-. The molecule has 8 nitrogen and oxygen atoms in total. The third kappa shape index (κ3) is 5.79. The van der Waals surface area contributed by atoms with Crippen molar-refractivity contribution in [1.29, 1.82) is 0 Å². The molecule has 0 aliphatic heterocycles. The minimum Gasteiger partial charge on any atom is -0.465 e. The molecule has 0 aliphatic carbocycles. The maximum atomic E-state index is 12.1. The van der Waals surface area contributed by atoms with E-state index in [1.165, 1.54) is 30.6 Å². The molecule has 1 N–H and O–H groups in total. The van der Waals surface area contributed by atoms with Gasteiger partial charge in [0.25, 0.3) is 5.91 Å². The number of thioether (sulfide) groups is 1. The van der Waals surface area contributed by atoms with Gasteiger partial charge in [-0.05, 0) is 31.5 Å². The molecule has 0 saturated carbocycles. The van der Waals surface area contributed by atoms with Crippen LogP contribution in [0.4, 0.5) is 0 Å². The summed E-state index contributed by atoms with van der Waals surface area (Å²) in [6.45, 7) is 4.74. The Morgan fingerprint density at radius 3 is 2.48 bits per heavy atom. The molecule has 1 heterocycles. The van der Waals surface area contributed by atoms with Crippen LogP contribution in [0.3, 0.4) is 0 Å². The van der Waals surface area contributed by atoms with E-state index in [2.05, 4.69) is 25.5 Å². The summed E-state index contributed by atoms with van der Waals surface area (Å²) >= 11 is 1.30. The first-order valence-corrected chi connectivity index (χ1v) is 10.6. The van der Waals surface area contributed by atoms with Gasteiger partial charge < -0.3 is 9.30 Å². The molecule has 0 spiro atoms. The van der Waals surface area contributed by atoms with Crippen molar-refractivity contribution in [3.63, 3.8) is 0 Å². The SMILES string of the molecule is CCn1c(SCC(=O)N/N=C\c2ccc(C(=O)OC)cc2)nnc1-c1ccc(C)cc1. The third-order valence-electron chi connectivity index (χ3n) is 4.41. The van der Waals surface area contributed by atoms with Crippen LogP contribution >= 0.6 is 11.8 Å². The second kappa shape index (κ2) is 10.5. The molecular formula is C22H23N5O3S. The summed E-state index contributed by atoms with van der Waals surface area (Å²) in [4.78, 5) is 23.6. The van der Waals surface area contributed by atoms with Crippen LogP contribution < -0.4 is 5.43 Å². The van der Waals surface area contributed by atoms with Crippen LogP contribution in [-0.4, -0.2) is 45.7 Å². The van der Waals surface area contributed by atoms with E-state index in [4.69, 9.17) is 0 Å². The molecule has 0 unspecified atom stereocenters. The van der Waals surface area contributed by atoms with E-state index < -0.39 is 5.97 Å². The predicted molar refractivity (Wildman–Crippen MR) is 120 cm³/mol. The highest BCUT2D eigenvalue weighted by Crippen LogP contribution is 2.24. The number of hydrogen-bond acceptors (Lipinski definition) is 7. The van der Waals surface area contributed by atoms with E-state index in [9.17, 15) is 9.59 Å². The van der Waals surface area contributed by atoms with Crippen LogP contribution in [0.5, 0.6) is 0 Å². The van der Waals surface area contributed by atoms with Crippen molar-refractivity contribution in [2.75, 3.05) is 12.9 Å². The molecule has 1 aromatic heterocycles. The molecule has 0 atom stereocenters. The first-order chi connectivity index (χ1) is 15.0. The highest BCUT2D eigenvalue weighted by Gasteiger charge is 2.14. The number of aryl methyl sites for hydroxylation is 1. The van der Waals surface area contributed by atoms with Gasteiger partial charge in [0.2, 0.25) is 0 Å².